The molecule has 2 aromatic carbocycles. The number of pyridine rings is 1. The zero-order chi connectivity index (χ0) is 15.0. The molecule has 0 aliphatic carbocycles. The molecule has 0 aliphatic heterocycles. The largest absolute Gasteiger partial charge is 0.392 e. The Labute approximate surface area is 124 Å². The van der Waals surface area contributed by atoms with Gasteiger partial charge in [0.25, 0.3) is 5.56 Å². The van der Waals surface area contributed by atoms with Gasteiger partial charge in [-0.2, -0.15) is 0 Å². The van der Waals surface area contributed by atoms with Crippen LogP contribution in [-0.4, -0.2) is 10.1 Å². The van der Waals surface area contributed by atoms with Crippen molar-refractivity contribution in [3.8, 4) is 11.1 Å². The molecule has 0 bridgehead atoms. The standard InChI is InChI=1S/C16H11ClFNO2/c17-10-1-3-12(9(5-10)8-20)15-7-19-16(21)13-4-2-11(18)6-14(13)15/h1-7,20H,8H2,(H,19,21). The number of halogens is 2. The highest BCUT2D eigenvalue weighted by atomic mass is 35.5. The Morgan fingerprint density at radius 1 is 1.10 bits per heavy atom. The van der Waals surface area contributed by atoms with Gasteiger partial charge in [0.2, 0.25) is 0 Å². The zero-order valence-electron chi connectivity index (χ0n) is 10.9. The minimum Gasteiger partial charge on any atom is -0.392 e. The van der Waals surface area contributed by atoms with Crippen LogP contribution in [0.1, 0.15) is 5.56 Å². The van der Waals surface area contributed by atoms with Gasteiger partial charge in [0.1, 0.15) is 5.82 Å². The van der Waals surface area contributed by atoms with E-state index in [1.807, 2.05) is 0 Å². The van der Waals surface area contributed by atoms with Gasteiger partial charge in [-0.15, -0.1) is 0 Å². The average molecular weight is 304 g/mol. The van der Waals surface area contributed by atoms with E-state index in [1.54, 1.807) is 18.2 Å². The van der Waals surface area contributed by atoms with E-state index in [-0.39, 0.29) is 12.2 Å². The normalized spacial score (nSPS) is 11.0. The van der Waals surface area contributed by atoms with E-state index >= 15 is 0 Å². The molecule has 3 aromatic rings. The van der Waals surface area contributed by atoms with Gasteiger partial charge in [-0.1, -0.05) is 17.7 Å². The number of aliphatic hydroxyl groups is 1. The van der Waals surface area contributed by atoms with Crippen LogP contribution < -0.4 is 5.56 Å². The van der Waals surface area contributed by atoms with Crippen LogP contribution in [-0.2, 0) is 6.61 Å². The summed E-state index contributed by atoms with van der Waals surface area (Å²) in [7, 11) is 0. The van der Waals surface area contributed by atoms with Crippen LogP contribution in [0.3, 0.4) is 0 Å². The molecule has 0 atom stereocenters. The van der Waals surface area contributed by atoms with E-state index in [1.165, 1.54) is 24.4 Å². The molecule has 0 fully saturated rings. The number of hydrogen-bond acceptors (Lipinski definition) is 2. The van der Waals surface area contributed by atoms with Gasteiger partial charge in [0.05, 0.1) is 6.61 Å². The topological polar surface area (TPSA) is 53.1 Å². The molecule has 0 saturated heterocycles. The molecule has 21 heavy (non-hydrogen) atoms. The van der Waals surface area contributed by atoms with Gasteiger partial charge in [-0.25, -0.2) is 4.39 Å². The first-order valence-electron chi connectivity index (χ1n) is 6.31. The lowest BCUT2D eigenvalue weighted by Gasteiger charge is -2.11. The molecular formula is C16H11ClFNO2. The van der Waals surface area contributed by atoms with Gasteiger partial charge in [0.15, 0.2) is 0 Å². The Bertz CT molecular complexity index is 889. The van der Waals surface area contributed by atoms with Crippen molar-refractivity contribution >= 4 is 22.4 Å². The predicted molar refractivity (Wildman–Crippen MR) is 80.9 cm³/mol. The number of nitrogens with one attached hydrogen (secondary N) is 1. The fraction of sp³-hybridized carbons (Fsp3) is 0.0625. The van der Waals surface area contributed by atoms with E-state index in [2.05, 4.69) is 4.98 Å². The van der Waals surface area contributed by atoms with Crippen molar-refractivity contribution in [2.75, 3.05) is 0 Å². The fourth-order valence-corrected chi connectivity index (χ4v) is 2.60. The Kier molecular flexibility index (Phi) is 3.49. The van der Waals surface area contributed by atoms with Gasteiger partial charge in [-0.3, -0.25) is 4.79 Å². The number of aromatic amines is 1. The van der Waals surface area contributed by atoms with Crippen molar-refractivity contribution in [1.82, 2.24) is 4.98 Å². The molecule has 0 amide bonds. The van der Waals surface area contributed by atoms with Crippen molar-refractivity contribution in [2.24, 2.45) is 0 Å². The molecule has 0 unspecified atom stereocenters. The van der Waals surface area contributed by atoms with Crippen molar-refractivity contribution in [3.05, 3.63) is 69.4 Å². The Balaban J connectivity index is 2.38. The van der Waals surface area contributed by atoms with Crippen molar-refractivity contribution in [2.45, 2.75) is 6.61 Å². The predicted octanol–water partition coefficient (Wildman–Crippen LogP) is 3.48. The van der Waals surface area contributed by atoms with E-state index < -0.39 is 5.82 Å². The van der Waals surface area contributed by atoms with E-state index in [0.29, 0.717) is 32.5 Å². The third-order valence-corrected chi connectivity index (χ3v) is 3.63. The Morgan fingerprint density at radius 2 is 1.90 bits per heavy atom. The van der Waals surface area contributed by atoms with Gasteiger partial charge in [-0.05, 0) is 46.8 Å². The second-order valence-corrected chi connectivity index (χ2v) is 5.12. The second-order valence-electron chi connectivity index (χ2n) is 4.68. The number of fused-ring (bicyclic) bond motifs is 1. The molecule has 1 aromatic heterocycles. The number of rotatable bonds is 2. The summed E-state index contributed by atoms with van der Waals surface area (Å²) in [6.45, 7) is -0.203. The van der Waals surface area contributed by atoms with Crippen LogP contribution in [0.4, 0.5) is 4.39 Å². The number of aliphatic hydroxyl groups excluding tert-OH is 1. The Hall–Kier alpha value is -2.17. The molecular weight excluding hydrogens is 293 g/mol. The first kappa shape index (κ1) is 13.8. The van der Waals surface area contributed by atoms with Crippen LogP contribution in [0.25, 0.3) is 21.9 Å². The zero-order valence-corrected chi connectivity index (χ0v) is 11.6. The van der Waals surface area contributed by atoms with Gasteiger partial charge < -0.3 is 10.1 Å². The highest BCUT2D eigenvalue weighted by Crippen LogP contribution is 2.31. The molecule has 0 aliphatic rings. The smallest absolute Gasteiger partial charge is 0.255 e. The molecule has 2 N–H and O–H groups in total. The van der Waals surface area contributed by atoms with Crippen molar-refractivity contribution in [1.29, 1.82) is 0 Å². The van der Waals surface area contributed by atoms with Crippen molar-refractivity contribution in [3.63, 3.8) is 0 Å². The lowest BCUT2D eigenvalue weighted by atomic mass is 9.97. The summed E-state index contributed by atoms with van der Waals surface area (Å²) in [5.41, 5.74) is 1.67. The number of benzene rings is 2. The number of hydrogen-bond donors (Lipinski definition) is 2. The lowest BCUT2D eigenvalue weighted by Crippen LogP contribution is -2.06. The summed E-state index contributed by atoms with van der Waals surface area (Å²) in [6, 6.07) is 9.08. The molecule has 1 heterocycles. The number of H-pyrrole nitrogens is 1. The van der Waals surface area contributed by atoms with Crippen LogP contribution >= 0.6 is 11.6 Å². The summed E-state index contributed by atoms with van der Waals surface area (Å²) in [6.07, 6.45) is 1.52. The maximum atomic E-state index is 13.5. The molecule has 3 rings (SSSR count). The van der Waals surface area contributed by atoms with Crippen LogP contribution in [0, 0.1) is 5.82 Å². The molecule has 106 valence electrons. The average Bonchev–Trinajstić information content (AvgIpc) is 2.48. The molecule has 0 radical (unpaired) electrons. The maximum absolute atomic E-state index is 13.5. The summed E-state index contributed by atoms with van der Waals surface area (Å²) < 4.78 is 13.5. The summed E-state index contributed by atoms with van der Waals surface area (Å²) in [4.78, 5) is 14.5. The molecule has 3 nitrogen and oxygen atoms in total. The van der Waals surface area contributed by atoms with Crippen LogP contribution in [0.2, 0.25) is 5.02 Å². The summed E-state index contributed by atoms with van der Waals surface area (Å²) in [5, 5.41) is 10.9. The van der Waals surface area contributed by atoms with Gasteiger partial charge in [0, 0.05) is 22.2 Å². The maximum Gasteiger partial charge on any atom is 0.255 e. The van der Waals surface area contributed by atoms with E-state index in [0.717, 1.165) is 0 Å². The van der Waals surface area contributed by atoms with E-state index in [9.17, 15) is 14.3 Å². The molecule has 0 saturated carbocycles. The SMILES string of the molecule is O=c1[nH]cc(-c2ccc(Cl)cc2CO)c2cc(F)ccc12. The quantitative estimate of drug-likeness (QED) is 0.761. The fourth-order valence-electron chi connectivity index (χ4n) is 2.41. The van der Waals surface area contributed by atoms with Crippen LogP contribution in [0.5, 0.6) is 0 Å². The first-order valence-corrected chi connectivity index (χ1v) is 6.68. The first-order chi connectivity index (χ1) is 10.1. The summed E-state index contributed by atoms with van der Waals surface area (Å²) >= 11 is 5.92. The van der Waals surface area contributed by atoms with Crippen molar-refractivity contribution < 1.29 is 9.50 Å². The third-order valence-electron chi connectivity index (χ3n) is 3.39. The highest BCUT2D eigenvalue weighted by molar-refractivity contribution is 6.30. The minimum absolute atomic E-state index is 0.203. The molecule has 0 spiro atoms. The lowest BCUT2D eigenvalue weighted by molar-refractivity contribution is 0.282. The monoisotopic (exact) mass is 303 g/mol. The highest BCUT2D eigenvalue weighted by Gasteiger charge is 2.11. The third kappa shape index (κ3) is 2.44. The van der Waals surface area contributed by atoms with Crippen LogP contribution in [0.15, 0.2) is 47.4 Å². The minimum atomic E-state index is -0.422. The van der Waals surface area contributed by atoms with E-state index in [4.69, 9.17) is 11.6 Å². The summed E-state index contributed by atoms with van der Waals surface area (Å²) in [5.74, 6) is -0.422. The van der Waals surface area contributed by atoms with Gasteiger partial charge >= 0.3 is 0 Å². The molecule has 5 heteroatoms. The second kappa shape index (κ2) is 5.31. The number of aromatic nitrogens is 1. The Morgan fingerprint density at radius 3 is 2.67 bits per heavy atom.